The molecule has 1 unspecified atom stereocenters. The van der Waals surface area contributed by atoms with E-state index in [9.17, 15) is 18.0 Å². The van der Waals surface area contributed by atoms with Crippen LogP contribution in [0.4, 0.5) is 24.5 Å². The van der Waals surface area contributed by atoms with Gasteiger partial charge in [0.2, 0.25) is 0 Å². The van der Waals surface area contributed by atoms with Crippen LogP contribution < -0.4 is 15.0 Å². The molecule has 3 heterocycles. The van der Waals surface area contributed by atoms with Crippen molar-refractivity contribution < 1.29 is 27.4 Å². The molecule has 0 saturated carbocycles. The molecule has 1 amide bonds. The van der Waals surface area contributed by atoms with Crippen molar-refractivity contribution in [3.8, 4) is 5.75 Å². The Morgan fingerprint density at radius 3 is 2.62 bits per heavy atom. The highest BCUT2D eigenvalue weighted by Crippen LogP contribution is 2.44. The number of aryl methyl sites for hydroxylation is 1. The van der Waals surface area contributed by atoms with Gasteiger partial charge in [0.05, 0.1) is 36.9 Å². The smallest absolute Gasteiger partial charge is 0.417 e. The first-order chi connectivity index (χ1) is 19.3. The summed E-state index contributed by atoms with van der Waals surface area (Å²) in [6, 6.07) is 13.4. The van der Waals surface area contributed by atoms with Crippen molar-refractivity contribution in [2.75, 3.05) is 62.8 Å². The van der Waals surface area contributed by atoms with Crippen LogP contribution in [0.3, 0.4) is 0 Å². The second kappa shape index (κ2) is 12.3. The van der Waals surface area contributed by atoms with Crippen molar-refractivity contribution in [1.82, 2.24) is 9.88 Å². The summed E-state index contributed by atoms with van der Waals surface area (Å²) in [5.41, 5.74) is 0.955. The zero-order valence-electron chi connectivity index (χ0n) is 22.4. The molecule has 1 atom stereocenters. The van der Waals surface area contributed by atoms with Crippen LogP contribution in [0.1, 0.15) is 39.4 Å². The van der Waals surface area contributed by atoms with E-state index in [1.54, 1.807) is 48.8 Å². The lowest BCUT2D eigenvalue weighted by Gasteiger charge is -2.26. The van der Waals surface area contributed by atoms with E-state index in [2.05, 4.69) is 15.2 Å². The molecule has 2 saturated heterocycles. The van der Waals surface area contributed by atoms with E-state index in [4.69, 9.17) is 9.47 Å². The molecule has 40 heavy (non-hydrogen) atoms. The zero-order chi connectivity index (χ0) is 28.1. The highest BCUT2D eigenvalue weighted by Gasteiger charge is 2.40. The number of hydrogen-bond acceptors (Lipinski definition) is 6. The highest BCUT2D eigenvalue weighted by molar-refractivity contribution is 6.04. The van der Waals surface area contributed by atoms with Crippen LogP contribution in [0.25, 0.3) is 0 Å². The SMILES string of the molecule is Cc1ccc(NC(=O)c2ccccc2)c(C2CCN(c3cncc(OCCN4CCOCC4)c3)C2)c1C(F)(F)F. The van der Waals surface area contributed by atoms with Crippen molar-refractivity contribution in [3.05, 3.63) is 83.2 Å². The monoisotopic (exact) mass is 554 g/mol. The van der Waals surface area contributed by atoms with Gasteiger partial charge in [0.1, 0.15) is 12.4 Å². The first-order valence-corrected chi connectivity index (χ1v) is 13.5. The summed E-state index contributed by atoms with van der Waals surface area (Å²) in [6.45, 7) is 6.88. The van der Waals surface area contributed by atoms with E-state index >= 15 is 0 Å². The Kier molecular flexibility index (Phi) is 8.56. The number of alkyl halides is 3. The number of benzene rings is 2. The fourth-order valence-electron chi connectivity index (χ4n) is 5.43. The van der Waals surface area contributed by atoms with Crippen molar-refractivity contribution >= 4 is 17.3 Å². The average Bonchev–Trinajstić information content (AvgIpc) is 3.44. The fourth-order valence-corrected chi connectivity index (χ4v) is 5.43. The second-order valence-corrected chi connectivity index (χ2v) is 10.1. The summed E-state index contributed by atoms with van der Waals surface area (Å²) < 4.78 is 54.4. The molecular formula is C30H33F3N4O3. The number of hydrogen-bond donors (Lipinski definition) is 1. The van der Waals surface area contributed by atoms with Crippen LogP contribution in [0.15, 0.2) is 60.9 Å². The molecule has 0 bridgehead atoms. The number of nitrogens with one attached hydrogen (secondary N) is 1. The summed E-state index contributed by atoms with van der Waals surface area (Å²) in [4.78, 5) is 21.5. The van der Waals surface area contributed by atoms with Gasteiger partial charge in [-0.3, -0.25) is 14.7 Å². The van der Waals surface area contributed by atoms with Gasteiger partial charge in [-0.2, -0.15) is 13.2 Å². The number of anilines is 2. The normalized spacial score (nSPS) is 18.1. The number of amides is 1. The number of pyridine rings is 1. The van der Waals surface area contributed by atoms with E-state index < -0.39 is 23.6 Å². The quantitative estimate of drug-likeness (QED) is 0.404. The molecule has 2 aliphatic heterocycles. The molecule has 2 aromatic carbocycles. The zero-order valence-corrected chi connectivity index (χ0v) is 22.4. The van der Waals surface area contributed by atoms with Crippen molar-refractivity contribution in [3.63, 3.8) is 0 Å². The Morgan fingerprint density at radius 1 is 1.10 bits per heavy atom. The third-order valence-corrected chi connectivity index (χ3v) is 7.46. The lowest BCUT2D eigenvalue weighted by Crippen LogP contribution is -2.38. The van der Waals surface area contributed by atoms with E-state index in [-0.39, 0.29) is 16.8 Å². The Balaban J connectivity index is 1.34. The molecular weight excluding hydrogens is 521 g/mol. The topological polar surface area (TPSA) is 66.9 Å². The molecule has 3 aromatic rings. The van der Waals surface area contributed by atoms with E-state index in [0.29, 0.717) is 37.4 Å². The number of halogens is 3. The van der Waals surface area contributed by atoms with Crippen LogP contribution in [0.5, 0.6) is 5.75 Å². The van der Waals surface area contributed by atoms with Gasteiger partial charge in [0, 0.05) is 56.0 Å². The average molecular weight is 555 g/mol. The molecule has 1 aromatic heterocycles. The van der Waals surface area contributed by atoms with Gasteiger partial charge in [0.15, 0.2) is 0 Å². The number of aromatic nitrogens is 1. The Labute approximate surface area is 231 Å². The molecule has 10 heteroatoms. The van der Waals surface area contributed by atoms with E-state index in [0.717, 1.165) is 38.5 Å². The summed E-state index contributed by atoms with van der Waals surface area (Å²) in [6.07, 6.45) is -0.703. The Bertz CT molecular complexity index is 1310. The summed E-state index contributed by atoms with van der Waals surface area (Å²) in [5.74, 6) is -0.259. The van der Waals surface area contributed by atoms with E-state index in [1.165, 1.54) is 13.0 Å². The standard InChI is InChI=1S/C30H33F3N4O3/c1-21-7-8-26(35-29(38)22-5-3-2-4-6-22)27(28(21)30(31,32)33)23-9-10-37(20-23)24-17-25(19-34-18-24)40-16-13-36-11-14-39-15-12-36/h2-8,17-19,23H,9-16,20H2,1H3,(H,35,38). The van der Waals surface area contributed by atoms with E-state index in [1.807, 2.05) is 11.0 Å². The largest absolute Gasteiger partial charge is 0.491 e. The molecule has 212 valence electrons. The number of morpholine rings is 1. The molecule has 1 N–H and O–H groups in total. The van der Waals surface area contributed by atoms with Gasteiger partial charge in [0.25, 0.3) is 5.91 Å². The van der Waals surface area contributed by atoms with Crippen LogP contribution in [0, 0.1) is 6.92 Å². The maximum absolute atomic E-state index is 14.4. The molecule has 5 rings (SSSR count). The van der Waals surface area contributed by atoms with Gasteiger partial charge < -0.3 is 19.7 Å². The number of carbonyl (C=O) groups is 1. The molecule has 2 fully saturated rings. The highest BCUT2D eigenvalue weighted by atomic mass is 19.4. The predicted molar refractivity (Wildman–Crippen MR) is 147 cm³/mol. The Morgan fingerprint density at radius 2 is 1.88 bits per heavy atom. The fraction of sp³-hybridized carbons (Fsp3) is 0.400. The van der Waals surface area contributed by atoms with Gasteiger partial charge in [-0.1, -0.05) is 24.3 Å². The van der Waals surface area contributed by atoms with Crippen LogP contribution in [0.2, 0.25) is 0 Å². The third-order valence-electron chi connectivity index (χ3n) is 7.46. The second-order valence-electron chi connectivity index (χ2n) is 10.1. The van der Waals surface area contributed by atoms with Crippen molar-refractivity contribution in [2.45, 2.75) is 25.4 Å². The van der Waals surface area contributed by atoms with Gasteiger partial charge in [-0.15, -0.1) is 0 Å². The minimum absolute atomic E-state index is 0.130. The summed E-state index contributed by atoms with van der Waals surface area (Å²) in [5, 5.41) is 2.76. The van der Waals surface area contributed by atoms with Crippen LogP contribution in [-0.2, 0) is 10.9 Å². The number of carbonyl (C=O) groups excluding carboxylic acids is 1. The predicted octanol–water partition coefficient (Wildman–Crippen LogP) is 5.37. The first kappa shape index (κ1) is 27.9. The van der Waals surface area contributed by atoms with Gasteiger partial charge in [-0.25, -0.2) is 0 Å². The summed E-state index contributed by atoms with van der Waals surface area (Å²) in [7, 11) is 0. The minimum Gasteiger partial charge on any atom is -0.491 e. The Hall–Kier alpha value is -3.63. The molecule has 0 radical (unpaired) electrons. The van der Waals surface area contributed by atoms with Crippen LogP contribution >= 0.6 is 0 Å². The summed E-state index contributed by atoms with van der Waals surface area (Å²) >= 11 is 0. The lowest BCUT2D eigenvalue weighted by atomic mass is 9.88. The van der Waals surface area contributed by atoms with Gasteiger partial charge in [-0.05, 0) is 42.7 Å². The maximum Gasteiger partial charge on any atom is 0.417 e. The number of rotatable bonds is 8. The van der Waals surface area contributed by atoms with Crippen molar-refractivity contribution in [1.29, 1.82) is 0 Å². The van der Waals surface area contributed by atoms with Crippen LogP contribution in [-0.4, -0.2) is 68.3 Å². The minimum atomic E-state index is -4.56. The number of nitrogens with zero attached hydrogens (tertiary/aromatic N) is 3. The maximum atomic E-state index is 14.4. The van der Waals surface area contributed by atoms with Gasteiger partial charge >= 0.3 is 6.18 Å². The molecule has 0 aliphatic carbocycles. The molecule has 7 nitrogen and oxygen atoms in total. The molecule has 2 aliphatic rings. The lowest BCUT2D eigenvalue weighted by molar-refractivity contribution is -0.138. The molecule has 0 spiro atoms. The third kappa shape index (κ3) is 6.56. The first-order valence-electron chi connectivity index (χ1n) is 13.5. The van der Waals surface area contributed by atoms with Crippen molar-refractivity contribution in [2.24, 2.45) is 0 Å². The number of ether oxygens (including phenoxy) is 2.